The average molecular weight is 279 g/mol. The smallest absolute Gasteiger partial charge is 0.218 e. The van der Waals surface area contributed by atoms with Gasteiger partial charge in [0, 0.05) is 65.3 Å². The van der Waals surface area contributed by atoms with Gasteiger partial charge in [0.25, 0.3) is 0 Å². The van der Waals surface area contributed by atoms with Crippen LogP contribution >= 0.6 is 0 Å². The van der Waals surface area contributed by atoms with Crippen molar-refractivity contribution in [1.29, 1.82) is 5.26 Å². The van der Waals surface area contributed by atoms with Crippen LogP contribution in [-0.2, 0) is 20.4 Å². The van der Waals surface area contributed by atoms with E-state index in [0.717, 1.165) is 6.41 Å². The predicted octanol–water partition coefficient (Wildman–Crippen LogP) is 0.323. The zero-order valence-electron chi connectivity index (χ0n) is 12.6. The van der Waals surface area contributed by atoms with Crippen LogP contribution in [0.15, 0.2) is 0 Å². The van der Waals surface area contributed by atoms with E-state index in [4.69, 9.17) is 5.26 Å². The van der Waals surface area contributed by atoms with E-state index in [1.54, 1.807) is 46.8 Å². The summed E-state index contributed by atoms with van der Waals surface area (Å²) in [7, 11) is 6.21. The molecule has 0 aliphatic carbocycles. The molecule has 6 nitrogen and oxygen atoms in total. The molecule has 0 aromatic heterocycles. The third-order valence-corrected chi connectivity index (χ3v) is 0.841. The van der Waals surface area contributed by atoms with Gasteiger partial charge in [-0.3, -0.25) is 13.8 Å². The summed E-state index contributed by atoms with van der Waals surface area (Å²) in [5, 5.41) is 7.32. The molecule has 0 N–H and O–H groups in total. The van der Waals surface area contributed by atoms with Crippen LogP contribution in [0.25, 0.3) is 0 Å². The summed E-state index contributed by atoms with van der Waals surface area (Å²) in [5.41, 5.74) is 0. The molecule has 0 radical (unpaired) electrons. The molecule has 0 bridgehead atoms. The van der Waals surface area contributed by atoms with Crippen molar-refractivity contribution in [1.82, 2.24) is 9.80 Å². The number of hydrogen-bond acceptors (Lipinski definition) is 4. The van der Waals surface area contributed by atoms with E-state index in [-0.39, 0.29) is 5.91 Å². The van der Waals surface area contributed by atoms with Crippen molar-refractivity contribution in [3.63, 3.8) is 0 Å². The number of nitrogens with zero attached hydrogens (tertiary/aromatic N) is 3. The average Bonchev–Trinajstić information content (AvgIpc) is 2.18. The molecule has 18 heavy (non-hydrogen) atoms. The zero-order chi connectivity index (χ0) is 15.7. The molecule has 0 atom stereocenters. The largest absolute Gasteiger partial charge is 0.351 e. The zero-order valence-corrected chi connectivity index (χ0v) is 13.4. The topological polar surface area (TPSA) is 81.5 Å². The predicted molar refractivity (Wildman–Crippen MR) is 75.4 cm³/mol. The molecule has 0 saturated heterocycles. The first-order chi connectivity index (χ1) is 8.06. The summed E-state index contributed by atoms with van der Waals surface area (Å²) in [6.07, 6.45) is 4.03. The fourth-order valence-corrected chi connectivity index (χ4v) is 0. The lowest BCUT2D eigenvalue weighted by Gasteiger charge is -2.02. The van der Waals surface area contributed by atoms with Crippen LogP contribution in [0.5, 0.6) is 0 Å². The van der Waals surface area contributed by atoms with Crippen molar-refractivity contribution < 1.29 is 13.8 Å². The molecule has 0 aromatic carbocycles. The molecule has 108 valence electrons. The van der Waals surface area contributed by atoms with E-state index in [9.17, 15) is 13.8 Å². The number of carbonyl (C=O) groups is 2. The van der Waals surface area contributed by atoms with Gasteiger partial charge in [0.2, 0.25) is 12.3 Å². The Labute approximate surface area is 113 Å². The van der Waals surface area contributed by atoms with Crippen LogP contribution in [0.1, 0.15) is 13.8 Å². The van der Waals surface area contributed by atoms with E-state index in [1.165, 1.54) is 23.6 Å². The maximum Gasteiger partial charge on any atom is 0.218 e. The Morgan fingerprint density at radius 2 is 1.33 bits per heavy atom. The highest BCUT2D eigenvalue weighted by atomic mass is 32.2. The Morgan fingerprint density at radius 3 is 1.33 bits per heavy atom. The van der Waals surface area contributed by atoms with Gasteiger partial charge in [0.05, 0.1) is 6.07 Å². The minimum absolute atomic E-state index is 0.0926. The Kier molecular flexibility index (Phi) is 29.6. The Bertz CT molecular complexity index is 257. The molecule has 0 saturated carbocycles. The number of hydrogen-bond donors (Lipinski definition) is 0. The molecule has 0 aliphatic heterocycles. The van der Waals surface area contributed by atoms with Gasteiger partial charge in [-0.05, 0) is 0 Å². The summed E-state index contributed by atoms with van der Waals surface area (Å²) < 4.78 is 9.56. The van der Waals surface area contributed by atoms with Gasteiger partial charge in [0.15, 0.2) is 0 Å². The number of nitriles is 1. The molecular formula is C11H25N3O3S. The second-order valence-corrected chi connectivity index (χ2v) is 4.93. The summed E-state index contributed by atoms with van der Waals surface area (Å²) in [4.78, 5) is 22.5. The number of carbonyl (C=O) groups excluding carboxylic acids is 2. The van der Waals surface area contributed by atoms with Crippen molar-refractivity contribution in [3.8, 4) is 6.07 Å². The van der Waals surface area contributed by atoms with Crippen LogP contribution in [0.4, 0.5) is 0 Å². The van der Waals surface area contributed by atoms with Gasteiger partial charge >= 0.3 is 0 Å². The maximum atomic E-state index is 10.1. The van der Waals surface area contributed by atoms with Crippen molar-refractivity contribution >= 4 is 23.1 Å². The first-order valence-electron chi connectivity index (χ1n) is 4.92. The van der Waals surface area contributed by atoms with Crippen LogP contribution < -0.4 is 0 Å². The quantitative estimate of drug-likeness (QED) is 0.647. The lowest BCUT2D eigenvalue weighted by atomic mass is 10.7. The lowest BCUT2D eigenvalue weighted by Crippen LogP contribution is -2.17. The van der Waals surface area contributed by atoms with E-state index < -0.39 is 10.8 Å². The van der Waals surface area contributed by atoms with Gasteiger partial charge in [-0.25, -0.2) is 0 Å². The van der Waals surface area contributed by atoms with Crippen molar-refractivity contribution in [2.75, 3.05) is 40.7 Å². The number of amides is 2. The lowest BCUT2D eigenvalue weighted by molar-refractivity contribution is -0.126. The normalized spacial score (nSPS) is 6.89. The summed E-state index contributed by atoms with van der Waals surface area (Å²) >= 11 is 0. The van der Waals surface area contributed by atoms with E-state index >= 15 is 0 Å². The molecule has 0 rings (SSSR count). The van der Waals surface area contributed by atoms with Crippen molar-refractivity contribution in [2.24, 2.45) is 0 Å². The Morgan fingerprint density at radius 1 is 1.22 bits per heavy atom. The molecule has 0 fully saturated rings. The standard InChI is InChI=1S/C4H9NO.C3H7NO.C2H3N.C2H6OS/c1-4(6)5(2)3;1-4(2)3-5;1-2-3;1-4(2)3/h1-3H3;3H,1-2H3;1H3;1-2H3. The maximum absolute atomic E-state index is 10.1. The SMILES string of the molecule is CC#N.CC(=O)N(C)C.CN(C)C=O.CS(C)=O. The third-order valence-electron chi connectivity index (χ3n) is 0.841. The van der Waals surface area contributed by atoms with Gasteiger partial charge < -0.3 is 9.80 Å². The Balaban J connectivity index is -0.0000000750. The summed E-state index contributed by atoms with van der Waals surface area (Å²) in [5.74, 6) is 0.0926. The molecule has 0 unspecified atom stereocenters. The molecule has 7 heteroatoms. The van der Waals surface area contributed by atoms with Crippen LogP contribution in [-0.4, -0.2) is 67.0 Å². The van der Waals surface area contributed by atoms with Crippen molar-refractivity contribution in [3.05, 3.63) is 0 Å². The molecule has 0 aliphatic rings. The van der Waals surface area contributed by atoms with E-state index in [2.05, 4.69) is 0 Å². The minimum atomic E-state index is -0.611. The fourth-order valence-electron chi connectivity index (χ4n) is 0. The highest BCUT2D eigenvalue weighted by molar-refractivity contribution is 7.83. The second-order valence-electron chi connectivity index (χ2n) is 3.45. The Hall–Kier alpha value is -1.42. The van der Waals surface area contributed by atoms with Gasteiger partial charge in [-0.2, -0.15) is 5.26 Å². The molecule has 0 heterocycles. The fraction of sp³-hybridized carbons (Fsp3) is 0.727. The molecular weight excluding hydrogens is 254 g/mol. The summed E-state index contributed by atoms with van der Waals surface area (Å²) in [6.45, 7) is 2.96. The van der Waals surface area contributed by atoms with E-state index in [1.807, 2.05) is 0 Å². The van der Waals surface area contributed by atoms with Gasteiger partial charge in [-0.15, -0.1) is 0 Å². The molecule has 0 aromatic rings. The third kappa shape index (κ3) is 128. The van der Waals surface area contributed by atoms with Crippen LogP contribution in [0.2, 0.25) is 0 Å². The monoisotopic (exact) mass is 279 g/mol. The highest BCUT2D eigenvalue weighted by Gasteiger charge is 1.87. The van der Waals surface area contributed by atoms with Gasteiger partial charge in [-0.1, -0.05) is 0 Å². The first kappa shape index (κ1) is 25.4. The van der Waals surface area contributed by atoms with Crippen LogP contribution in [0, 0.1) is 11.3 Å². The van der Waals surface area contributed by atoms with E-state index in [0.29, 0.717) is 0 Å². The summed E-state index contributed by atoms with van der Waals surface area (Å²) in [6, 6.07) is 1.75. The van der Waals surface area contributed by atoms with Gasteiger partial charge in [0.1, 0.15) is 0 Å². The molecule has 0 spiro atoms. The number of rotatable bonds is 1. The van der Waals surface area contributed by atoms with Crippen molar-refractivity contribution in [2.45, 2.75) is 13.8 Å². The second kappa shape index (κ2) is 20.9. The van der Waals surface area contributed by atoms with Crippen LogP contribution in [0.3, 0.4) is 0 Å². The minimum Gasteiger partial charge on any atom is -0.351 e. The first-order valence-corrected chi connectivity index (χ1v) is 6.88. The highest BCUT2D eigenvalue weighted by Crippen LogP contribution is 1.69. The molecule has 2 amide bonds.